The van der Waals surface area contributed by atoms with E-state index in [4.69, 9.17) is 17.2 Å². The highest BCUT2D eigenvalue weighted by Gasteiger charge is 2.09. The number of aryl methyl sites for hydroxylation is 2. The smallest absolute Gasteiger partial charge is 0.276 e. The van der Waals surface area contributed by atoms with Crippen molar-refractivity contribution in [2.24, 2.45) is 0 Å². The predicted octanol–water partition coefficient (Wildman–Crippen LogP) is 3.56. The molecular formula is C24H24N8O2. The largest absolute Gasteiger partial charge is 0.399 e. The average molecular weight is 457 g/mol. The van der Waals surface area contributed by atoms with Crippen molar-refractivity contribution in [1.29, 1.82) is 0 Å². The van der Waals surface area contributed by atoms with Crippen LogP contribution in [0.15, 0.2) is 73.6 Å². The standard InChI is InChI=1S/C12H10N4O2.C12H14N4/c13-12-10(7-14-8-15-12)6-5-9-3-1-2-4-11(9)16(17)18;13-11-4-2-1-3-9(11)5-6-10-7-15-8-16-12(10)14/h1-8H,(H2,13,14,15);1-4,7-8H,5-6,13H2,(H2,14,15,16)/b6-5+;. The number of benzene rings is 2. The minimum absolute atomic E-state index is 0.0455. The highest BCUT2D eigenvalue weighted by atomic mass is 16.6. The first-order valence-electron chi connectivity index (χ1n) is 10.3. The Labute approximate surface area is 196 Å². The number of anilines is 3. The summed E-state index contributed by atoms with van der Waals surface area (Å²) in [4.78, 5) is 26.0. The van der Waals surface area contributed by atoms with Crippen molar-refractivity contribution in [3.63, 3.8) is 0 Å². The summed E-state index contributed by atoms with van der Waals surface area (Å²) >= 11 is 0. The minimum atomic E-state index is -0.426. The van der Waals surface area contributed by atoms with Crippen molar-refractivity contribution < 1.29 is 4.92 Å². The second-order valence-electron chi connectivity index (χ2n) is 7.14. The van der Waals surface area contributed by atoms with E-state index in [-0.39, 0.29) is 5.69 Å². The molecule has 0 radical (unpaired) electrons. The van der Waals surface area contributed by atoms with Gasteiger partial charge in [-0.25, -0.2) is 19.9 Å². The molecule has 0 fully saturated rings. The van der Waals surface area contributed by atoms with E-state index < -0.39 is 4.92 Å². The molecule has 0 bridgehead atoms. The highest BCUT2D eigenvalue weighted by molar-refractivity contribution is 5.76. The second-order valence-corrected chi connectivity index (χ2v) is 7.14. The molecule has 4 rings (SSSR count). The quantitative estimate of drug-likeness (QED) is 0.223. The summed E-state index contributed by atoms with van der Waals surface area (Å²) in [6, 6.07) is 14.3. The van der Waals surface area contributed by atoms with E-state index in [2.05, 4.69) is 19.9 Å². The lowest BCUT2D eigenvalue weighted by Crippen LogP contribution is -2.02. The SMILES string of the molecule is Nc1ccccc1CCc1cncnc1N.Nc1ncncc1/C=C/c1ccccc1[N+](=O)[O-]. The van der Waals surface area contributed by atoms with Gasteiger partial charge in [-0.2, -0.15) is 0 Å². The molecule has 0 saturated heterocycles. The summed E-state index contributed by atoms with van der Waals surface area (Å²) in [5.41, 5.74) is 21.3. The van der Waals surface area contributed by atoms with Crippen molar-refractivity contribution in [3.05, 3.63) is 106 Å². The maximum Gasteiger partial charge on any atom is 0.276 e. The van der Waals surface area contributed by atoms with Crippen LogP contribution in [0.4, 0.5) is 23.0 Å². The van der Waals surface area contributed by atoms with Crippen molar-refractivity contribution in [1.82, 2.24) is 19.9 Å². The number of nitrogen functional groups attached to an aromatic ring is 3. The van der Waals surface area contributed by atoms with Crippen LogP contribution in [0.1, 0.15) is 22.3 Å². The van der Waals surface area contributed by atoms with Gasteiger partial charge < -0.3 is 17.2 Å². The second kappa shape index (κ2) is 11.7. The van der Waals surface area contributed by atoms with Gasteiger partial charge in [0.25, 0.3) is 5.69 Å². The van der Waals surface area contributed by atoms with E-state index in [9.17, 15) is 10.1 Å². The van der Waals surface area contributed by atoms with Crippen LogP contribution in [-0.2, 0) is 12.8 Å². The topological polar surface area (TPSA) is 173 Å². The molecule has 0 atom stereocenters. The third kappa shape index (κ3) is 6.57. The fourth-order valence-electron chi connectivity index (χ4n) is 3.04. The van der Waals surface area contributed by atoms with E-state index in [0.29, 0.717) is 22.8 Å². The molecular weight excluding hydrogens is 432 g/mol. The summed E-state index contributed by atoms with van der Waals surface area (Å²) in [5.74, 6) is 0.879. The first-order chi connectivity index (χ1) is 16.5. The van der Waals surface area contributed by atoms with Gasteiger partial charge in [-0.05, 0) is 42.7 Å². The molecule has 10 nitrogen and oxygen atoms in total. The number of para-hydroxylation sites is 2. The Kier molecular flexibility index (Phi) is 8.17. The van der Waals surface area contributed by atoms with Gasteiger partial charge >= 0.3 is 0 Å². The number of nitro benzene ring substituents is 1. The Balaban J connectivity index is 0.000000192. The van der Waals surface area contributed by atoms with Crippen LogP contribution in [-0.4, -0.2) is 24.9 Å². The third-order valence-electron chi connectivity index (χ3n) is 4.89. The van der Waals surface area contributed by atoms with Crippen LogP contribution in [0.5, 0.6) is 0 Å². The predicted molar refractivity (Wildman–Crippen MR) is 133 cm³/mol. The lowest BCUT2D eigenvalue weighted by Gasteiger charge is -2.06. The molecule has 4 aromatic rings. The normalized spacial score (nSPS) is 10.5. The Morgan fingerprint density at radius 2 is 1.38 bits per heavy atom. The molecule has 0 unspecified atom stereocenters. The molecule has 2 aromatic carbocycles. The highest BCUT2D eigenvalue weighted by Crippen LogP contribution is 2.21. The summed E-state index contributed by atoms with van der Waals surface area (Å²) < 4.78 is 0. The zero-order valence-corrected chi connectivity index (χ0v) is 18.3. The van der Waals surface area contributed by atoms with Gasteiger partial charge in [-0.1, -0.05) is 30.3 Å². The monoisotopic (exact) mass is 456 g/mol. The average Bonchev–Trinajstić information content (AvgIpc) is 2.84. The van der Waals surface area contributed by atoms with Crippen LogP contribution in [0.3, 0.4) is 0 Å². The Hall–Kier alpha value is -4.86. The number of rotatable bonds is 6. The van der Waals surface area contributed by atoms with Gasteiger partial charge in [-0.15, -0.1) is 0 Å². The molecule has 0 spiro atoms. The van der Waals surface area contributed by atoms with E-state index in [0.717, 1.165) is 29.7 Å². The van der Waals surface area contributed by atoms with Crippen LogP contribution in [0.25, 0.3) is 12.2 Å². The molecule has 0 saturated carbocycles. The van der Waals surface area contributed by atoms with Gasteiger partial charge in [0.15, 0.2) is 0 Å². The maximum atomic E-state index is 10.8. The van der Waals surface area contributed by atoms with Crippen molar-refractivity contribution in [3.8, 4) is 0 Å². The summed E-state index contributed by atoms with van der Waals surface area (Å²) in [5, 5.41) is 10.8. The lowest BCUT2D eigenvalue weighted by molar-refractivity contribution is -0.385. The van der Waals surface area contributed by atoms with E-state index >= 15 is 0 Å². The summed E-state index contributed by atoms with van der Waals surface area (Å²) in [6.45, 7) is 0. The van der Waals surface area contributed by atoms with Crippen LogP contribution in [0, 0.1) is 10.1 Å². The lowest BCUT2D eigenvalue weighted by atomic mass is 10.0. The van der Waals surface area contributed by atoms with Crippen molar-refractivity contribution in [2.45, 2.75) is 12.8 Å². The van der Waals surface area contributed by atoms with Crippen molar-refractivity contribution >= 4 is 35.2 Å². The van der Waals surface area contributed by atoms with E-state index in [1.165, 1.54) is 18.7 Å². The fourth-order valence-corrected chi connectivity index (χ4v) is 3.04. The Bertz CT molecular complexity index is 1250. The molecule has 0 aliphatic heterocycles. The minimum Gasteiger partial charge on any atom is -0.399 e. The molecule has 2 aromatic heterocycles. The van der Waals surface area contributed by atoms with E-state index in [1.807, 2.05) is 24.3 Å². The maximum absolute atomic E-state index is 10.8. The Morgan fingerprint density at radius 3 is 2.09 bits per heavy atom. The number of hydrogen-bond donors (Lipinski definition) is 3. The fraction of sp³-hybridized carbons (Fsp3) is 0.0833. The molecule has 172 valence electrons. The molecule has 10 heteroatoms. The van der Waals surface area contributed by atoms with Crippen molar-refractivity contribution in [2.75, 3.05) is 17.2 Å². The first kappa shape index (κ1) is 23.8. The van der Waals surface area contributed by atoms with E-state index in [1.54, 1.807) is 42.7 Å². The number of nitrogens with two attached hydrogens (primary N) is 3. The molecule has 0 aliphatic carbocycles. The van der Waals surface area contributed by atoms with Gasteiger partial charge in [0.05, 0.1) is 10.5 Å². The van der Waals surface area contributed by atoms with Crippen LogP contribution < -0.4 is 17.2 Å². The van der Waals surface area contributed by atoms with Crippen LogP contribution >= 0.6 is 0 Å². The number of hydrogen-bond acceptors (Lipinski definition) is 9. The van der Waals surface area contributed by atoms with Gasteiger partial charge in [0, 0.05) is 35.3 Å². The Morgan fingerprint density at radius 1 is 0.765 bits per heavy atom. The van der Waals surface area contributed by atoms with Gasteiger partial charge in [0.1, 0.15) is 24.3 Å². The molecule has 6 N–H and O–H groups in total. The molecule has 0 amide bonds. The summed E-state index contributed by atoms with van der Waals surface area (Å²) in [6.07, 6.45) is 11.0. The first-order valence-corrected chi connectivity index (χ1v) is 10.3. The molecule has 34 heavy (non-hydrogen) atoms. The molecule has 2 heterocycles. The van der Waals surface area contributed by atoms with Gasteiger partial charge in [0.2, 0.25) is 0 Å². The van der Waals surface area contributed by atoms with Gasteiger partial charge in [-0.3, -0.25) is 10.1 Å². The molecule has 0 aliphatic rings. The zero-order chi connectivity index (χ0) is 24.3. The summed E-state index contributed by atoms with van der Waals surface area (Å²) in [7, 11) is 0. The number of nitrogens with zero attached hydrogens (tertiary/aromatic N) is 5. The zero-order valence-electron chi connectivity index (χ0n) is 18.3. The third-order valence-corrected chi connectivity index (χ3v) is 4.89. The number of aromatic nitrogens is 4. The number of nitro groups is 1. The van der Waals surface area contributed by atoms with Crippen LogP contribution in [0.2, 0.25) is 0 Å².